The molecule has 6 heteroatoms. The van der Waals surface area contributed by atoms with E-state index in [9.17, 15) is 14.7 Å². The fourth-order valence-electron chi connectivity index (χ4n) is 2.45. The van der Waals surface area contributed by atoms with Crippen LogP contribution in [0.1, 0.15) is 30.1 Å². The Morgan fingerprint density at radius 2 is 2.15 bits per heavy atom. The van der Waals surface area contributed by atoms with Crippen LogP contribution in [0.3, 0.4) is 0 Å². The zero-order valence-electron chi connectivity index (χ0n) is 11.4. The van der Waals surface area contributed by atoms with Crippen LogP contribution in [-0.4, -0.2) is 41.1 Å². The molecule has 0 radical (unpaired) electrons. The number of methoxy groups -OCH3 is 1. The third-order valence-corrected chi connectivity index (χ3v) is 4.44. The highest BCUT2D eigenvalue weighted by atomic mass is 79.9. The quantitative estimate of drug-likeness (QED) is 0.917. The van der Waals surface area contributed by atoms with Crippen molar-refractivity contribution < 1.29 is 19.4 Å². The SMILES string of the molecule is COc1ccc(Br)c(C(=O)N2CCCC2(C)C(=O)O)c1. The summed E-state index contributed by atoms with van der Waals surface area (Å²) >= 11 is 3.33. The number of carbonyl (C=O) groups is 2. The van der Waals surface area contributed by atoms with Crippen molar-refractivity contribution in [3.05, 3.63) is 28.2 Å². The number of benzene rings is 1. The molecule has 0 bridgehead atoms. The van der Waals surface area contributed by atoms with Gasteiger partial charge in [0, 0.05) is 11.0 Å². The van der Waals surface area contributed by atoms with Gasteiger partial charge in [-0.25, -0.2) is 4.79 Å². The van der Waals surface area contributed by atoms with Crippen molar-refractivity contribution >= 4 is 27.8 Å². The molecule has 108 valence electrons. The highest BCUT2D eigenvalue weighted by Crippen LogP contribution is 2.33. The number of hydrogen-bond acceptors (Lipinski definition) is 3. The Kier molecular flexibility index (Phi) is 4.04. The van der Waals surface area contributed by atoms with E-state index in [0.717, 1.165) is 0 Å². The van der Waals surface area contributed by atoms with Crippen LogP contribution >= 0.6 is 15.9 Å². The monoisotopic (exact) mass is 341 g/mol. The molecule has 20 heavy (non-hydrogen) atoms. The van der Waals surface area contributed by atoms with Crippen LogP contribution in [0.4, 0.5) is 0 Å². The van der Waals surface area contributed by atoms with Crippen LogP contribution in [-0.2, 0) is 4.79 Å². The largest absolute Gasteiger partial charge is 0.497 e. The summed E-state index contributed by atoms with van der Waals surface area (Å²) in [7, 11) is 1.52. The molecule has 1 unspecified atom stereocenters. The summed E-state index contributed by atoms with van der Waals surface area (Å²) in [5.41, 5.74) is -0.724. The molecule has 1 aliphatic heterocycles. The van der Waals surface area contributed by atoms with E-state index in [1.807, 2.05) is 0 Å². The van der Waals surface area contributed by atoms with Gasteiger partial charge in [0.15, 0.2) is 0 Å². The van der Waals surface area contributed by atoms with Gasteiger partial charge in [0.1, 0.15) is 11.3 Å². The smallest absolute Gasteiger partial charge is 0.329 e. The maximum Gasteiger partial charge on any atom is 0.329 e. The molecular formula is C14H16BrNO4. The molecule has 1 atom stereocenters. The Labute approximate surface area is 125 Å². The average molecular weight is 342 g/mol. The lowest BCUT2D eigenvalue weighted by Crippen LogP contribution is -2.50. The zero-order chi connectivity index (χ0) is 14.9. The first-order valence-corrected chi connectivity index (χ1v) is 7.08. The molecule has 0 aliphatic carbocycles. The lowest BCUT2D eigenvalue weighted by molar-refractivity contribution is -0.147. The number of ether oxygens (including phenoxy) is 1. The van der Waals surface area contributed by atoms with Crippen molar-refractivity contribution in [1.29, 1.82) is 0 Å². The van der Waals surface area contributed by atoms with Gasteiger partial charge in [0.05, 0.1) is 12.7 Å². The summed E-state index contributed by atoms with van der Waals surface area (Å²) in [5.74, 6) is -0.701. The third-order valence-electron chi connectivity index (χ3n) is 3.75. The van der Waals surface area contributed by atoms with E-state index in [-0.39, 0.29) is 5.91 Å². The second-order valence-corrected chi connectivity index (χ2v) is 5.84. The fraction of sp³-hybridized carbons (Fsp3) is 0.429. The first-order chi connectivity index (χ1) is 9.40. The van der Waals surface area contributed by atoms with Crippen LogP contribution in [0.2, 0.25) is 0 Å². The molecule has 1 N–H and O–H groups in total. The number of aliphatic carboxylic acids is 1. The molecule has 1 aliphatic rings. The van der Waals surface area contributed by atoms with Gasteiger partial charge in [-0.3, -0.25) is 4.79 Å². The van der Waals surface area contributed by atoms with Crippen molar-refractivity contribution in [2.45, 2.75) is 25.3 Å². The number of nitrogens with zero attached hydrogens (tertiary/aromatic N) is 1. The minimum atomic E-state index is -1.14. The van der Waals surface area contributed by atoms with Crippen molar-refractivity contribution in [1.82, 2.24) is 4.90 Å². The van der Waals surface area contributed by atoms with Gasteiger partial charge >= 0.3 is 5.97 Å². The molecule has 1 heterocycles. The van der Waals surface area contributed by atoms with E-state index in [1.165, 1.54) is 12.0 Å². The number of amides is 1. The second kappa shape index (κ2) is 5.44. The zero-order valence-corrected chi connectivity index (χ0v) is 12.9. The Balaban J connectivity index is 2.38. The first kappa shape index (κ1) is 14.8. The van der Waals surface area contributed by atoms with Crippen molar-refractivity contribution in [2.24, 2.45) is 0 Å². The predicted octanol–water partition coefficient (Wildman–Crippen LogP) is 2.54. The van der Waals surface area contributed by atoms with Crippen LogP contribution < -0.4 is 4.74 Å². The molecule has 0 aromatic heterocycles. The summed E-state index contributed by atoms with van der Waals surface area (Å²) in [6.07, 6.45) is 1.16. The summed E-state index contributed by atoms with van der Waals surface area (Å²) in [6.45, 7) is 2.04. The van der Waals surface area contributed by atoms with E-state index in [0.29, 0.717) is 35.2 Å². The summed E-state index contributed by atoms with van der Waals surface area (Å²) in [4.78, 5) is 25.5. The Morgan fingerprint density at radius 1 is 1.45 bits per heavy atom. The lowest BCUT2D eigenvalue weighted by Gasteiger charge is -2.31. The standard InChI is InChI=1S/C14H16BrNO4/c1-14(13(18)19)6-3-7-16(14)12(17)10-8-9(20-2)4-5-11(10)15/h4-5,8H,3,6-7H2,1-2H3,(H,18,19). The van der Waals surface area contributed by atoms with E-state index in [2.05, 4.69) is 15.9 Å². The molecule has 1 fully saturated rings. The van der Waals surface area contributed by atoms with Crippen molar-refractivity contribution in [2.75, 3.05) is 13.7 Å². The average Bonchev–Trinajstić information content (AvgIpc) is 2.82. The van der Waals surface area contributed by atoms with Gasteiger partial charge in [-0.05, 0) is 53.9 Å². The van der Waals surface area contributed by atoms with Gasteiger partial charge in [0.2, 0.25) is 0 Å². The summed E-state index contributed by atoms with van der Waals surface area (Å²) < 4.78 is 5.74. The minimum Gasteiger partial charge on any atom is -0.497 e. The van der Waals surface area contributed by atoms with Crippen molar-refractivity contribution in [3.8, 4) is 5.75 Å². The normalized spacial score (nSPS) is 21.9. The number of rotatable bonds is 3. The maximum atomic E-state index is 12.6. The molecule has 0 saturated carbocycles. The van der Waals surface area contributed by atoms with Crippen LogP contribution in [0.15, 0.2) is 22.7 Å². The van der Waals surface area contributed by atoms with E-state index < -0.39 is 11.5 Å². The van der Waals surface area contributed by atoms with Gasteiger partial charge in [-0.15, -0.1) is 0 Å². The van der Waals surface area contributed by atoms with Gasteiger partial charge in [-0.1, -0.05) is 0 Å². The lowest BCUT2D eigenvalue weighted by atomic mass is 9.98. The van der Waals surface area contributed by atoms with Crippen LogP contribution in [0.5, 0.6) is 5.75 Å². The molecule has 2 rings (SSSR count). The highest BCUT2D eigenvalue weighted by molar-refractivity contribution is 9.10. The van der Waals surface area contributed by atoms with Gasteiger partial charge in [-0.2, -0.15) is 0 Å². The minimum absolute atomic E-state index is 0.293. The number of halogens is 1. The predicted molar refractivity (Wildman–Crippen MR) is 77.0 cm³/mol. The number of carboxylic acid groups (broad SMARTS) is 1. The third kappa shape index (κ3) is 2.40. The second-order valence-electron chi connectivity index (χ2n) is 4.99. The fourth-order valence-corrected chi connectivity index (χ4v) is 2.87. The number of hydrogen-bond donors (Lipinski definition) is 1. The number of carbonyl (C=O) groups excluding carboxylic acids is 1. The summed E-state index contributed by atoms with van der Waals surface area (Å²) in [5, 5.41) is 9.38. The van der Waals surface area contributed by atoms with Gasteiger partial charge in [0.25, 0.3) is 5.91 Å². The molecule has 1 aromatic rings. The topological polar surface area (TPSA) is 66.8 Å². The summed E-state index contributed by atoms with van der Waals surface area (Å²) in [6, 6.07) is 5.08. The number of carboxylic acids is 1. The Bertz CT molecular complexity index is 560. The molecule has 1 amide bonds. The molecule has 1 aromatic carbocycles. The van der Waals surface area contributed by atoms with E-state index in [4.69, 9.17) is 4.74 Å². The molecule has 0 spiro atoms. The van der Waals surface area contributed by atoms with Crippen LogP contribution in [0, 0.1) is 0 Å². The molecule has 1 saturated heterocycles. The highest BCUT2D eigenvalue weighted by Gasteiger charge is 2.46. The van der Waals surface area contributed by atoms with Gasteiger partial charge < -0.3 is 14.7 Å². The van der Waals surface area contributed by atoms with E-state index in [1.54, 1.807) is 25.1 Å². The Morgan fingerprint density at radius 3 is 2.75 bits per heavy atom. The van der Waals surface area contributed by atoms with Crippen molar-refractivity contribution in [3.63, 3.8) is 0 Å². The molecular weight excluding hydrogens is 326 g/mol. The first-order valence-electron chi connectivity index (χ1n) is 6.29. The van der Waals surface area contributed by atoms with E-state index >= 15 is 0 Å². The maximum absolute atomic E-state index is 12.6. The van der Waals surface area contributed by atoms with Crippen LogP contribution in [0.25, 0.3) is 0 Å². The number of likely N-dealkylation sites (tertiary alicyclic amines) is 1. The Hall–Kier alpha value is -1.56. The molecule has 5 nitrogen and oxygen atoms in total.